The van der Waals surface area contributed by atoms with Gasteiger partial charge in [-0.3, -0.25) is 0 Å². The molecule has 0 N–H and O–H groups in total. The molecule has 4 aromatic rings. The Morgan fingerprint density at radius 1 is 0.467 bits per heavy atom. The molecule has 148 valence electrons. The maximum Gasteiger partial charge on any atom is -0.00266 e. The number of rotatable bonds is 4. The maximum atomic E-state index is 2.49. The molecule has 0 heterocycles. The van der Waals surface area contributed by atoms with E-state index in [-0.39, 0.29) is 0 Å². The second-order valence-corrected chi connectivity index (χ2v) is 8.42. The second-order valence-electron chi connectivity index (χ2n) is 8.42. The number of hydrogen-bond acceptors (Lipinski definition) is 0. The lowest BCUT2D eigenvalue weighted by molar-refractivity contribution is 0.444. The van der Waals surface area contributed by atoms with E-state index in [4.69, 9.17) is 0 Å². The van der Waals surface area contributed by atoms with Crippen LogP contribution in [-0.2, 0) is 0 Å². The van der Waals surface area contributed by atoms with Gasteiger partial charge in [0.05, 0.1) is 0 Å². The van der Waals surface area contributed by atoms with Gasteiger partial charge >= 0.3 is 0 Å². The van der Waals surface area contributed by atoms with Gasteiger partial charge in [0.15, 0.2) is 0 Å². The highest BCUT2D eigenvalue weighted by atomic mass is 14.3. The van der Waals surface area contributed by atoms with E-state index >= 15 is 0 Å². The summed E-state index contributed by atoms with van der Waals surface area (Å²) >= 11 is 0. The fourth-order valence-electron chi connectivity index (χ4n) is 4.94. The van der Waals surface area contributed by atoms with Crippen molar-refractivity contribution in [2.45, 2.75) is 38.0 Å². The van der Waals surface area contributed by atoms with Crippen LogP contribution in [-0.4, -0.2) is 0 Å². The zero-order valence-electron chi connectivity index (χ0n) is 17.4. The minimum Gasteiger partial charge on any atom is -0.0622 e. The van der Waals surface area contributed by atoms with Crippen molar-refractivity contribution in [1.29, 1.82) is 0 Å². The summed E-state index contributed by atoms with van der Waals surface area (Å²) in [5.74, 6) is 0.675. The fourth-order valence-corrected chi connectivity index (χ4v) is 4.94. The van der Waals surface area contributed by atoms with Gasteiger partial charge in [-0.2, -0.15) is 0 Å². The topological polar surface area (TPSA) is 0 Å². The first-order valence-electron chi connectivity index (χ1n) is 11.2. The second kappa shape index (κ2) is 8.71. The van der Waals surface area contributed by atoms with E-state index in [1.807, 2.05) is 0 Å². The van der Waals surface area contributed by atoms with Crippen LogP contribution < -0.4 is 0 Å². The van der Waals surface area contributed by atoms with Gasteiger partial charge < -0.3 is 0 Å². The molecule has 0 aromatic heterocycles. The van der Waals surface area contributed by atoms with E-state index < -0.39 is 0 Å². The first-order valence-corrected chi connectivity index (χ1v) is 11.2. The number of benzene rings is 4. The Morgan fingerprint density at radius 2 is 0.900 bits per heavy atom. The van der Waals surface area contributed by atoms with Crippen molar-refractivity contribution in [2.24, 2.45) is 0 Å². The van der Waals surface area contributed by atoms with Crippen molar-refractivity contribution in [2.75, 3.05) is 0 Å². The predicted molar refractivity (Wildman–Crippen MR) is 129 cm³/mol. The van der Waals surface area contributed by atoms with Gasteiger partial charge in [0.2, 0.25) is 0 Å². The summed E-state index contributed by atoms with van der Waals surface area (Å²) in [5.41, 5.74) is 9.43. The molecule has 1 saturated carbocycles. The largest absolute Gasteiger partial charge is 0.0622 e. The molecule has 5 rings (SSSR count). The van der Waals surface area contributed by atoms with Gasteiger partial charge in [0, 0.05) is 0 Å². The normalized spacial score (nSPS) is 14.5. The monoisotopic (exact) mass is 388 g/mol. The minimum absolute atomic E-state index is 0.675. The zero-order chi connectivity index (χ0) is 20.2. The molecule has 0 bridgehead atoms. The van der Waals surface area contributed by atoms with E-state index in [2.05, 4.69) is 103 Å². The molecule has 0 amide bonds. The Kier molecular flexibility index (Phi) is 5.48. The van der Waals surface area contributed by atoms with Crippen LogP contribution in [0.25, 0.3) is 33.4 Å². The third-order valence-electron chi connectivity index (χ3n) is 6.47. The molecule has 1 fully saturated rings. The molecular formula is C30H28. The van der Waals surface area contributed by atoms with Crippen LogP contribution in [0.4, 0.5) is 0 Å². The smallest absolute Gasteiger partial charge is 0.00266 e. The van der Waals surface area contributed by atoms with Crippen LogP contribution >= 0.6 is 0 Å². The minimum atomic E-state index is 0.675. The van der Waals surface area contributed by atoms with E-state index in [0.29, 0.717) is 5.92 Å². The summed E-state index contributed by atoms with van der Waals surface area (Å²) in [7, 11) is 0. The Balaban J connectivity index is 1.80. The lowest BCUT2D eigenvalue weighted by atomic mass is 9.79. The third-order valence-corrected chi connectivity index (χ3v) is 6.47. The summed E-state index contributed by atoms with van der Waals surface area (Å²) in [6.45, 7) is 0. The quantitative estimate of drug-likeness (QED) is 0.328. The van der Waals surface area contributed by atoms with Gasteiger partial charge in [-0.05, 0) is 57.7 Å². The van der Waals surface area contributed by atoms with Crippen LogP contribution in [0.2, 0.25) is 0 Å². The summed E-state index contributed by atoms with van der Waals surface area (Å²) in [5, 5.41) is 0. The van der Waals surface area contributed by atoms with Gasteiger partial charge in [0.25, 0.3) is 0 Å². The van der Waals surface area contributed by atoms with E-state index in [9.17, 15) is 0 Å². The fraction of sp³-hybridized carbons (Fsp3) is 0.200. The summed E-state index contributed by atoms with van der Waals surface area (Å²) in [6, 6.07) is 37.7. The van der Waals surface area contributed by atoms with Crippen molar-refractivity contribution in [3.8, 4) is 33.4 Å². The first kappa shape index (κ1) is 18.9. The molecule has 30 heavy (non-hydrogen) atoms. The Hall–Kier alpha value is -3.12. The highest BCUT2D eigenvalue weighted by Gasteiger charge is 2.21. The van der Waals surface area contributed by atoms with Crippen LogP contribution in [0.1, 0.15) is 43.6 Å². The van der Waals surface area contributed by atoms with E-state index in [1.165, 1.54) is 71.0 Å². The Labute approximate surface area is 180 Å². The average Bonchev–Trinajstić information content (AvgIpc) is 2.85. The van der Waals surface area contributed by atoms with Crippen LogP contribution in [0.5, 0.6) is 0 Å². The van der Waals surface area contributed by atoms with E-state index in [1.54, 1.807) is 0 Å². The third kappa shape index (κ3) is 3.83. The summed E-state index contributed by atoms with van der Waals surface area (Å²) in [4.78, 5) is 0. The molecule has 1 aliphatic rings. The van der Waals surface area contributed by atoms with Gasteiger partial charge in [-0.25, -0.2) is 0 Å². The Morgan fingerprint density at radius 3 is 1.37 bits per heavy atom. The van der Waals surface area contributed by atoms with Gasteiger partial charge in [0.1, 0.15) is 0 Å². The molecule has 0 saturated heterocycles. The first-order chi connectivity index (χ1) is 14.9. The molecule has 0 heteroatoms. The molecule has 0 spiro atoms. The van der Waals surface area contributed by atoms with Gasteiger partial charge in [-0.15, -0.1) is 0 Å². The molecular weight excluding hydrogens is 360 g/mol. The molecule has 0 unspecified atom stereocenters. The zero-order valence-corrected chi connectivity index (χ0v) is 17.4. The standard InChI is InChI=1S/C30H28/c1-5-13-23(14-6-1)27-21-28(24-15-7-2-8-16-24)30(26-19-11-4-12-20-26)29(22-27)25-17-9-3-10-18-25/h2-4,7-12,15-23H,1,5-6,13-14H2. The highest BCUT2D eigenvalue weighted by molar-refractivity contribution is 5.95. The molecule has 1 aliphatic carbocycles. The van der Waals surface area contributed by atoms with Crippen LogP contribution in [0.3, 0.4) is 0 Å². The van der Waals surface area contributed by atoms with Crippen LogP contribution in [0, 0.1) is 0 Å². The molecule has 0 aliphatic heterocycles. The molecule has 0 nitrogen and oxygen atoms in total. The van der Waals surface area contributed by atoms with Crippen molar-refractivity contribution < 1.29 is 0 Å². The van der Waals surface area contributed by atoms with Crippen molar-refractivity contribution in [1.82, 2.24) is 0 Å². The lowest BCUT2D eigenvalue weighted by Crippen LogP contribution is -2.05. The van der Waals surface area contributed by atoms with Crippen molar-refractivity contribution in [3.63, 3.8) is 0 Å². The average molecular weight is 389 g/mol. The van der Waals surface area contributed by atoms with Gasteiger partial charge in [-0.1, -0.05) is 122 Å². The molecule has 0 atom stereocenters. The van der Waals surface area contributed by atoms with Crippen molar-refractivity contribution >= 4 is 0 Å². The molecule has 0 radical (unpaired) electrons. The van der Waals surface area contributed by atoms with Crippen LogP contribution in [0.15, 0.2) is 103 Å². The lowest BCUT2D eigenvalue weighted by Gasteiger charge is -2.25. The van der Waals surface area contributed by atoms with Crippen molar-refractivity contribution in [3.05, 3.63) is 109 Å². The summed E-state index contributed by atoms with van der Waals surface area (Å²) in [6.07, 6.45) is 6.72. The number of hydrogen-bond donors (Lipinski definition) is 0. The molecule has 4 aromatic carbocycles. The van der Waals surface area contributed by atoms with E-state index in [0.717, 1.165) is 0 Å². The maximum absolute atomic E-state index is 2.49. The SMILES string of the molecule is c1ccc(-c2cc(C3CCCCC3)cc(-c3ccccc3)c2-c2ccccc2)cc1. The summed E-state index contributed by atoms with van der Waals surface area (Å²) < 4.78 is 0. The predicted octanol–water partition coefficient (Wildman–Crippen LogP) is 8.74. The Bertz CT molecular complexity index is 1030. The highest BCUT2D eigenvalue weighted by Crippen LogP contribution is 2.44.